The van der Waals surface area contributed by atoms with E-state index in [0.717, 1.165) is 12.0 Å². The summed E-state index contributed by atoms with van der Waals surface area (Å²) < 4.78 is 18.3. The van der Waals surface area contributed by atoms with E-state index in [4.69, 9.17) is 4.43 Å². The van der Waals surface area contributed by atoms with Crippen LogP contribution < -0.4 is 0 Å². The minimum absolute atomic E-state index is 0.0896. The van der Waals surface area contributed by atoms with E-state index in [9.17, 15) is 14.5 Å². The van der Waals surface area contributed by atoms with Crippen LogP contribution in [0.1, 0.15) is 11.1 Å². The summed E-state index contributed by atoms with van der Waals surface area (Å²) >= 11 is 0. The second kappa shape index (κ2) is 8.21. The number of hydrogen-bond acceptors (Lipinski definition) is 3. The van der Waals surface area contributed by atoms with Gasteiger partial charge in [0.05, 0.1) is 17.1 Å². The van der Waals surface area contributed by atoms with Crippen molar-refractivity contribution in [3.05, 3.63) is 87.4 Å². The highest BCUT2D eigenvalue weighted by atomic mass is 28.2. The van der Waals surface area contributed by atoms with Crippen LogP contribution in [0.5, 0.6) is 0 Å². The molecule has 0 fully saturated rings. The van der Waals surface area contributed by atoms with Gasteiger partial charge in [-0.2, -0.15) is 0 Å². The molecule has 2 aromatic carbocycles. The van der Waals surface area contributed by atoms with E-state index in [2.05, 4.69) is 0 Å². The number of nitro groups is 1. The van der Waals surface area contributed by atoms with Crippen LogP contribution in [0.15, 0.2) is 60.3 Å². The highest BCUT2D eigenvalue weighted by Gasteiger charge is 2.11. The van der Waals surface area contributed by atoms with Crippen molar-refractivity contribution in [3.63, 3.8) is 0 Å². The average molecular weight is 317 g/mol. The molecule has 0 atom stereocenters. The molecule has 114 valence electrons. The molecule has 0 aliphatic rings. The van der Waals surface area contributed by atoms with Crippen LogP contribution >= 0.6 is 0 Å². The molecule has 0 heterocycles. The average Bonchev–Trinajstić information content (AvgIpc) is 2.52. The Labute approximate surface area is 130 Å². The molecule has 0 unspecified atom stereocenters. The smallest absolute Gasteiger partial charge is 0.274 e. The first kappa shape index (κ1) is 16.1. The lowest BCUT2D eigenvalue weighted by atomic mass is 10.1. The van der Waals surface area contributed by atoms with Crippen molar-refractivity contribution in [2.75, 3.05) is 0 Å². The van der Waals surface area contributed by atoms with Gasteiger partial charge < -0.3 is 4.43 Å². The van der Waals surface area contributed by atoms with E-state index in [0.29, 0.717) is 5.56 Å². The number of allylic oxidation sites excluding steroid dienone is 1. The van der Waals surface area contributed by atoms with Crippen LogP contribution in [0, 0.1) is 15.9 Å². The third kappa shape index (κ3) is 4.91. The summed E-state index contributed by atoms with van der Waals surface area (Å²) in [6, 6.07) is 12.9. The quantitative estimate of drug-likeness (QED) is 0.341. The standard InChI is InChI=1S/C16H16FNO3Si/c17-15-9-7-13(8-10-15)4-3-11-22-21-12-14-5-1-2-6-16(14)18(19)20/h1-3,5-11H,4,12,22H2. The third-order valence-corrected chi connectivity index (χ3v) is 4.06. The zero-order valence-electron chi connectivity index (χ0n) is 11.9. The predicted octanol–water partition coefficient (Wildman–Crippen LogP) is 3.09. The van der Waals surface area contributed by atoms with Crippen molar-refractivity contribution < 1.29 is 13.7 Å². The number of hydrogen-bond donors (Lipinski definition) is 0. The van der Waals surface area contributed by atoms with E-state index in [1.54, 1.807) is 30.3 Å². The molecule has 0 aliphatic carbocycles. The molecule has 0 amide bonds. The Hall–Kier alpha value is -2.31. The molecular weight excluding hydrogens is 301 g/mol. The van der Waals surface area contributed by atoms with Gasteiger partial charge in [-0.15, -0.1) is 0 Å². The van der Waals surface area contributed by atoms with Crippen molar-refractivity contribution in [1.82, 2.24) is 0 Å². The molecule has 2 rings (SSSR count). The van der Waals surface area contributed by atoms with E-state index in [-0.39, 0.29) is 18.1 Å². The Bertz CT molecular complexity index is 659. The summed E-state index contributed by atoms with van der Waals surface area (Å²) in [5.41, 5.74) is 3.70. The zero-order valence-corrected chi connectivity index (χ0v) is 13.4. The summed E-state index contributed by atoms with van der Waals surface area (Å²) in [5.74, 6) is -0.241. The number of benzene rings is 2. The minimum atomic E-state index is -0.874. The number of halogens is 1. The molecule has 0 saturated heterocycles. The van der Waals surface area contributed by atoms with Crippen molar-refractivity contribution in [1.29, 1.82) is 0 Å². The van der Waals surface area contributed by atoms with Crippen molar-refractivity contribution in [2.45, 2.75) is 13.0 Å². The molecule has 2 aromatic rings. The third-order valence-electron chi connectivity index (χ3n) is 3.09. The van der Waals surface area contributed by atoms with Gasteiger partial charge in [-0.3, -0.25) is 10.1 Å². The van der Waals surface area contributed by atoms with Gasteiger partial charge >= 0.3 is 0 Å². The summed E-state index contributed by atoms with van der Waals surface area (Å²) in [5, 5.41) is 10.9. The second-order valence-electron chi connectivity index (χ2n) is 4.70. The zero-order chi connectivity index (χ0) is 15.8. The fraction of sp³-hybridized carbons (Fsp3) is 0.125. The van der Waals surface area contributed by atoms with Gasteiger partial charge in [0.1, 0.15) is 5.82 Å². The molecule has 0 N–H and O–H groups in total. The molecule has 0 spiro atoms. The first-order chi connectivity index (χ1) is 10.7. The van der Waals surface area contributed by atoms with Gasteiger partial charge in [-0.1, -0.05) is 36.0 Å². The molecule has 0 radical (unpaired) electrons. The molecule has 0 aromatic heterocycles. The molecule has 22 heavy (non-hydrogen) atoms. The lowest BCUT2D eigenvalue weighted by Gasteiger charge is -2.02. The molecule has 4 nitrogen and oxygen atoms in total. The summed E-state index contributed by atoms with van der Waals surface area (Å²) in [4.78, 5) is 10.5. The Balaban J connectivity index is 1.76. The van der Waals surface area contributed by atoms with Crippen LogP contribution in [0.3, 0.4) is 0 Å². The van der Waals surface area contributed by atoms with Gasteiger partial charge in [-0.05, 0) is 30.2 Å². The molecule has 0 saturated carbocycles. The highest BCUT2D eigenvalue weighted by molar-refractivity contribution is 6.34. The van der Waals surface area contributed by atoms with Gasteiger partial charge in [0.2, 0.25) is 0 Å². The molecule has 6 heteroatoms. The first-order valence-electron chi connectivity index (χ1n) is 6.86. The van der Waals surface area contributed by atoms with Crippen molar-refractivity contribution >= 4 is 15.5 Å². The Morgan fingerprint density at radius 3 is 2.64 bits per heavy atom. The fourth-order valence-corrected chi connectivity index (χ4v) is 2.73. The highest BCUT2D eigenvalue weighted by Crippen LogP contribution is 2.18. The Morgan fingerprint density at radius 2 is 1.91 bits per heavy atom. The van der Waals surface area contributed by atoms with Gasteiger partial charge in [0.15, 0.2) is 9.76 Å². The maximum atomic E-state index is 12.7. The van der Waals surface area contributed by atoms with Crippen molar-refractivity contribution in [3.8, 4) is 0 Å². The minimum Gasteiger partial charge on any atom is -0.415 e. The maximum Gasteiger partial charge on any atom is 0.274 e. The van der Waals surface area contributed by atoms with Crippen molar-refractivity contribution in [2.24, 2.45) is 0 Å². The summed E-state index contributed by atoms with van der Waals surface area (Å²) in [6.07, 6.45) is 2.71. The molecular formula is C16H16FNO3Si. The van der Waals surface area contributed by atoms with Crippen LogP contribution in [-0.4, -0.2) is 14.7 Å². The lowest BCUT2D eigenvalue weighted by molar-refractivity contribution is -0.385. The van der Waals surface area contributed by atoms with Crippen LogP contribution in [0.2, 0.25) is 0 Å². The normalized spacial score (nSPS) is 11.5. The number of para-hydroxylation sites is 1. The van der Waals surface area contributed by atoms with Crippen LogP contribution in [0.25, 0.3) is 0 Å². The number of nitro benzene ring substituents is 1. The largest absolute Gasteiger partial charge is 0.415 e. The lowest BCUT2D eigenvalue weighted by Crippen LogP contribution is -2.00. The SMILES string of the molecule is O=[N+]([O-])c1ccccc1CO[SiH2]C=CCc1ccc(F)cc1. The monoisotopic (exact) mass is 317 g/mol. The van der Waals surface area contributed by atoms with E-state index in [1.165, 1.54) is 18.2 Å². The summed E-state index contributed by atoms with van der Waals surface area (Å²) in [7, 11) is -0.874. The van der Waals surface area contributed by atoms with Crippen LogP contribution in [0.4, 0.5) is 10.1 Å². The predicted molar refractivity (Wildman–Crippen MR) is 85.7 cm³/mol. The Morgan fingerprint density at radius 1 is 1.18 bits per heavy atom. The second-order valence-corrected chi connectivity index (χ2v) is 5.92. The maximum absolute atomic E-state index is 12.7. The van der Waals surface area contributed by atoms with Crippen LogP contribution in [-0.2, 0) is 17.5 Å². The number of nitrogens with zero attached hydrogens (tertiary/aromatic N) is 1. The van der Waals surface area contributed by atoms with Gasteiger partial charge in [-0.25, -0.2) is 4.39 Å². The van der Waals surface area contributed by atoms with E-state index in [1.807, 2.05) is 11.8 Å². The molecule has 0 bridgehead atoms. The van der Waals surface area contributed by atoms with E-state index >= 15 is 0 Å². The number of rotatable bonds is 7. The topological polar surface area (TPSA) is 52.4 Å². The van der Waals surface area contributed by atoms with E-state index < -0.39 is 14.7 Å². The Kier molecular flexibility index (Phi) is 5.99. The molecule has 0 aliphatic heterocycles. The van der Waals surface area contributed by atoms with Gasteiger partial charge in [0, 0.05) is 6.07 Å². The summed E-state index contributed by atoms with van der Waals surface area (Å²) in [6.45, 7) is 0.254. The fourth-order valence-electron chi connectivity index (χ4n) is 1.96. The first-order valence-corrected chi connectivity index (χ1v) is 8.25. The van der Waals surface area contributed by atoms with Gasteiger partial charge in [0.25, 0.3) is 5.69 Å².